The first-order valence-corrected chi connectivity index (χ1v) is 4.67. The predicted octanol–water partition coefficient (Wildman–Crippen LogP) is 3.40. The van der Waals surface area contributed by atoms with Crippen molar-refractivity contribution in [1.29, 1.82) is 0 Å². The summed E-state index contributed by atoms with van der Waals surface area (Å²) in [6, 6.07) is 0. The predicted molar refractivity (Wildman–Crippen MR) is 54.3 cm³/mol. The number of hydrogen-bond acceptors (Lipinski definition) is 1. The van der Waals surface area contributed by atoms with Crippen molar-refractivity contribution in [2.45, 2.75) is 53.2 Å². The van der Waals surface area contributed by atoms with Crippen molar-refractivity contribution in [3.05, 3.63) is 12.2 Å². The molecule has 0 radical (unpaired) electrons. The van der Waals surface area contributed by atoms with Crippen LogP contribution in [0.5, 0.6) is 0 Å². The zero-order valence-electron chi connectivity index (χ0n) is 9.22. The first kappa shape index (κ1) is 11.7. The number of rotatable bonds is 3. The minimum atomic E-state index is -0.0409. The Hall–Kier alpha value is -0.300. The van der Waals surface area contributed by atoms with E-state index in [2.05, 4.69) is 53.7 Å². The molecule has 0 aromatic carbocycles. The van der Waals surface area contributed by atoms with E-state index in [1.54, 1.807) is 0 Å². The van der Waals surface area contributed by atoms with Gasteiger partial charge in [0.1, 0.15) is 0 Å². The zero-order chi connectivity index (χ0) is 9.78. The Balaban J connectivity index is 3.82. The van der Waals surface area contributed by atoms with Crippen LogP contribution in [-0.2, 0) is 4.74 Å². The molecular formula is C11H22O. The van der Waals surface area contributed by atoms with Crippen molar-refractivity contribution >= 4 is 0 Å². The second kappa shape index (κ2) is 4.66. The molecule has 0 fully saturated rings. The first-order chi connectivity index (χ1) is 5.31. The largest absolute Gasteiger partial charge is 0.369 e. The van der Waals surface area contributed by atoms with Gasteiger partial charge in [-0.1, -0.05) is 26.0 Å². The van der Waals surface area contributed by atoms with Crippen molar-refractivity contribution in [3.8, 4) is 0 Å². The molecule has 0 spiro atoms. The SMILES string of the molecule is CC(C)C=CC(C)OC(C)(C)C. The monoisotopic (exact) mass is 170 g/mol. The lowest BCUT2D eigenvalue weighted by Gasteiger charge is -2.23. The summed E-state index contributed by atoms with van der Waals surface area (Å²) in [6.07, 6.45) is 4.51. The molecule has 1 nitrogen and oxygen atoms in total. The molecule has 0 aliphatic rings. The van der Waals surface area contributed by atoms with Crippen molar-refractivity contribution in [1.82, 2.24) is 0 Å². The quantitative estimate of drug-likeness (QED) is 0.590. The fraction of sp³-hybridized carbons (Fsp3) is 0.818. The molecule has 1 atom stereocenters. The summed E-state index contributed by atoms with van der Waals surface area (Å²) in [5.41, 5.74) is -0.0409. The molecule has 0 aromatic rings. The highest BCUT2D eigenvalue weighted by atomic mass is 16.5. The fourth-order valence-corrected chi connectivity index (χ4v) is 0.976. The first-order valence-electron chi connectivity index (χ1n) is 4.67. The second-order valence-electron chi connectivity index (χ2n) is 4.56. The Bertz CT molecular complexity index is 140. The number of hydrogen-bond donors (Lipinski definition) is 0. The molecule has 0 N–H and O–H groups in total. The minimum absolute atomic E-state index is 0.0409. The van der Waals surface area contributed by atoms with Gasteiger partial charge in [-0.3, -0.25) is 0 Å². The maximum Gasteiger partial charge on any atom is 0.0734 e. The average Bonchev–Trinajstić information content (AvgIpc) is 1.79. The van der Waals surface area contributed by atoms with E-state index in [9.17, 15) is 0 Å². The van der Waals surface area contributed by atoms with Gasteiger partial charge in [-0.15, -0.1) is 0 Å². The minimum Gasteiger partial charge on any atom is -0.369 e. The molecule has 0 amide bonds. The van der Waals surface area contributed by atoms with Gasteiger partial charge in [-0.25, -0.2) is 0 Å². The molecule has 0 saturated heterocycles. The topological polar surface area (TPSA) is 9.23 Å². The lowest BCUT2D eigenvalue weighted by molar-refractivity contribution is -0.0299. The van der Waals surface area contributed by atoms with E-state index in [1.165, 1.54) is 0 Å². The van der Waals surface area contributed by atoms with Crippen LogP contribution in [0.4, 0.5) is 0 Å². The summed E-state index contributed by atoms with van der Waals surface area (Å²) in [5, 5.41) is 0. The summed E-state index contributed by atoms with van der Waals surface area (Å²) in [5.74, 6) is 0.607. The Morgan fingerprint density at radius 3 is 1.83 bits per heavy atom. The highest BCUT2D eigenvalue weighted by Gasteiger charge is 2.12. The van der Waals surface area contributed by atoms with Gasteiger partial charge in [0.15, 0.2) is 0 Å². The van der Waals surface area contributed by atoms with E-state index in [1.807, 2.05) is 0 Å². The van der Waals surface area contributed by atoms with Crippen LogP contribution in [-0.4, -0.2) is 11.7 Å². The third-order valence-electron chi connectivity index (χ3n) is 1.31. The van der Waals surface area contributed by atoms with Crippen LogP contribution >= 0.6 is 0 Å². The van der Waals surface area contributed by atoms with Crippen LogP contribution in [0.25, 0.3) is 0 Å². The maximum absolute atomic E-state index is 5.70. The van der Waals surface area contributed by atoms with Crippen molar-refractivity contribution in [2.24, 2.45) is 5.92 Å². The van der Waals surface area contributed by atoms with Gasteiger partial charge in [-0.2, -0.15) is 0 Å². The van der Waals surface area contributed by atoms with Crippen molar-refractivity contribution < 1.29 is 4.74 Å². The Labute approximate surface area is 76.8 Å². The smallest absolute Gasteiger partial charge is 0.0734 e. The molecular weight excluding hydrogens is 148 g/mol. The molecule has 0 heterocycles. The molecule has 12 heavy (non-hydrogen) atoms. The van der Waals surface area contributed by atoms with E-state index in [4.69, 9.17) is 4.74 Å². The summed E-state index contributed by atoms with van der Waals surface area (Å²) in [4.78, 5) is 0. The lowest BCUT2D eigenvalue weighted by Crippen LogP contribution is -2.24. The van der Waals surface area contributed by atoms with E-state index in [0.717, 1.165) is 0 Å². The van der Waals surface area contributed by atoms with E-state index >= 15 is 0 Å². The van der Waals surface area contributed by atoms with Crippen LogP contribution in [0.15, 0.2) is 12.2 Å². The van der Waals surface area contributed by atoms with Gasteiger partial charge in [0, 0.05) is 0 Å². The van der Waals surface area contributed by atoms with Crippen LogP contribution in [0.1, 0.15) is 41.5 Å². The molecule has 1 heteroatoms. The van der Waals surface area contributed by atoms with Gasteiger partial charge in [0.25, 0.3) is 0 Å². The van der Waals surface area contributed by atoms with Gasteiger partial charge >= 0.3 is 0 Å². The number of allylic oxidation sites excluding steroid dienone is 1. The average molecular weight is 170 g/mol. The Morgan fingerprint density at radius 1 is 1.00 bits per heavy atom. The molecule has 0 aliphatic carbocycles. The third kappa shape index (κ3) is 7.80. The fourth-order valence-electron chi connectivity index (χ4n) is 0.976. The van der Waals surface area contributed by atoms with E-state index in [0.29, 0.717) is 5.92 Å². The van der Waals surface area contributed by atoms with Crippen molar-refractivity contribution in [3.63, 3.8) is 0 Å². The van der Waals surface area contributed by atoms with Gasteiger partial charge < -0.3 is 4.74 Å². The van der Waals surface area contributed by atoms with Gasteiger partial charge in [0.2, 0.25) is 0 Å². The second-order valence-corrected chi connectivity index (χ2v) is 4.56. The molecule has 1 unspecified atom stereocenters. The molecule has 0 saturated carbocycles. The lowest BCUT2D eigenvalue weighted by atomic mass is 10.1. The molecule has 0 aliphatic heterocycles. The van der Waals surface area contributed by atoms with Crippen LogP contribution in [0.3, 0.4) is 0 Å². The summed E-state index contributed by atoms with van der Waals surface area (Å²) in [7, 11) is 0. The summed E-state index contributed by atoms with van der Waals surface area (Å²) >= 11 is 0. The van der Waals surface area contributed by atoms with E-state index < -0.39 is 0 Å². The normalized spacial score (nSPS) is 15.9. The molecule has 0 bridgehead atoms. The summed E-state index contributed by atoms with van der Waals surface area (Å²) < 4.78 is 5.70. The molecule has 0 rings (SSSR count). The standard InChI is InChI=1S/C11H22O/c1-9(2)7-8-10(3)12-11(4,5)6/h7-10H,1-6H3. The molecule has 72 valence electrons. The van der Waals surface area contributed by atoms with Gasteiger partial charge in [0.05, 0.1) is 11.7 Å². The number of ether oxygens (including phenoxy) is 1. The molecule has 0 aromatic heterocycles. The zero-order valence-corrected chi connectivity index (χ0v) is 9.22. The van der Waals surface area contributed by atoms with Crippen molar-refractivity contribution in [2.75, 3.05) is 0 Å². The highest BCUT2D eigenvalue weighted by Crippen LogP contribution is 2.11. The van der Waals surface area contributed by atoms with Crippen LogP contribution < -0.4 is 0 Å². The van der Waals surface area contributed by atoms with Crippen LogP contribution in [0, 0.1) is 5.92 Å². The van der Waals surface area contributed by atoms with E-state index in [-0.39, 0.29) is 11.7 Å². The third-order valence-corrected chi connectivity index (χ3v) is 1.31. The van der Waals surface area contributed by atoms with Crippen LogP contribution in [0.2, 0.25) is 0 Å². The Morgan fingerprint density at radius 2 is 1.50 bits per heavy atom. The summed E-state index contributed by atoms with van der Waals surface area (Å²) in [6.45, 7) is 12.6. The Kier molecular flexibility index (Phi) is 4.54. The van der Waals surface area contributed by atoms with Gasteiger partial charge in [-0.05, 0) is 33.6 Å². The maximum atomic E-state index is 5.70. The highest BCUT2D eigenvalue weighted by molar-refractivity contribution is 4.90.